The maximum Gasteiger partial charge on any atom is 0.352 e. The highest BCUT2D eigenvalue weighted by Crippen LogP contribution is 2.33. The number of rotatable bonds is 3. The Hall–Kier alpha value is -2.57. The second kappa shape index (κ2) is 4.02. The van der Waals surface area contributed by atoms with Gasteiger partial charge in [-0.1, -0.05) is 0 Å². The van der Waals surface area contributed by atoms with Crippen LogP contribution >= 0.6 is 0 Å². The minimum absolute atomic E-state index is 0.0543. The zero-order chi connectivity index (χ0) is 13.4. The fourth-order valence-electron chi connectivity index (χ4n) is 1.86. The summed E-state index contributed by atoms with van der Waals surface area (Å²) in [6.45, 7) is 1.59. The minimum atomic E-state index is -1.16. The van der Waals surface area contributed by atoms with E-state index in [1.165, 1.54) is 13.2 Å². The Morgan fingerprint density at radius 3 is 2.67 bits per heavy atom. The quantitative estimate of drug-likeness (QED) is 0.640. The molecule has 0 bridgehead atoms. The summed E-state index contributed by atoms with van der Waals surface area (Å²) in [5, 5.41) is 20.4. The first-order valence-electron chi connectivity index (χ1n) is 5.03. The van der Waals surface area contributed by atoms with Crippen LogP contribution in [0.1, 0.15) is 16.1 Å². The van der Waals surface area contributed by atoms with Crippen LogP contribution in [-0.4, -0.2) is 28.1 Å². The molecule has 7 heteroatoms. The number of benzene rings is 1. The van der Waals surface area contributed by atoms with Crippen molar-refractivity contribution in [2.24, 2.45) is 0 Å². The van der Waals surface area contributed by atoms with Gasteiger partial charge in [-0.25, -0.2) is 4.79 Å². The first-order chi connectivity index (χ1) is 8.45. The first kappa shape index (κ1) is 11.9. The van der Waals surface area contributed by atoms with Crippen molar-refractivity contribution in [1.82, 2.24) is 4.98 Å². The summed E-state index contributed by atoms with van der Waals surface area (Å²) < 4.78 is 4.97. The first-order valence-corrected chi connectivity index (χ1v) is 5.03. The van der Waals surface area contributed by atoms with Crippen molar-refractivity contribution in [1.29, 1.82) is 0 Å². The molecule has 18 heavy (non-hydrogen) atoms. The number of hydrogen-bond acceptors (Lipinski definition) is 4. The van der Waals surface area contributed by atoms with E-state index in [2.05, 4.69) is 4.98 Å². The number of carboxylic acids is 1. The summed E-state index contributed by atoms with van der Waals surface area (Å²) in [4.78, 5) is 23.9. The normalized spacial score (nSPS) is 10.6. The van der Waals surface area contributed by atoms with Crippen molar-refractivity contribution in [2.45, 2.75) is 6.92 Å². The molecule has 2 rings (SSSR count). The zero-order valence-electron chi connectivity index (χ0n) is 9.68. The van der Waals surface area contributed by atoms with E-state index in [0.717, 1.165) is 0 Å². The molecule has 0 atom stereocenters. The van der Waals surface area contributed by atoms with Crippen LogP contribution in [0.2, 0.25) is 0 Å². The molecular weight excluding hydrogens is 240 g/mol. The van der Waals surface area contributed by atoms with E-state index in [1.54, 1.807) is 13.0 Å². The summed E-state index contributed by atoms with van der Waals surface area (Å²) in [7, 11) is 1.39. The number of nitrogens with zero attached hydrogens (tertiary/aromatic N) is 1. The van der Waals surface area contributed by atoms with E-state index >= 15 is 0 Å². The number of fused-ring (bicyclic) bond motifs is 1. The highest BCUT2D eigenvalue weighted by Gasteiger charge is 2.22. The Morgan fingerprint density at radius 2 is 2.17 bits per heavy atom. The number of hydrogen-bond donors (Lipinski definition) is 2. The highest BCUT2D eigenvalue weighted by atomic mass is 16.6. The molecule has 0 aliphatic heterocycles. The van der Waals surface area contributed by atoms with Gasteiger partial charge in [-0.2, -0.15) is 0 Å². The fraction of sp³-hybridized carbons (Fsp3) is 0.182. The van der Waals surface area contributed by atoms with Crippen LogP contribution < -0.4 is 4.74 Å². The summed E-state index contributed by atoms with van der Waals surface area (Å²) in [5.74, 6) is -0.842. The van der Waals surface area contributed by atoms with Gasteiger partial charge in [0.2, 0.25) is 0 Å². The Bertz CT molecular complexity index is 659. The van der Waals surface area contributed by atoms with Gasteiger partial charge in [0.1, 0.15) is 17.0 Å². The van der Waals surface area contributed by atoms with Crippen molar-refractivity contribution in [3.05, 3.63) is 33.5 Å². The molecule has 0 radical (unpaired) electrons. The molecule has 2 aromatic rings. The van der Waals surface area contributed by atoms with E-state index in [0.29, 0.717) is 16.7 Å². The average Bonchev–Trinajstić information content (AvgIpc) is 2.65. The highest BCUT2D eigenvalue weighted by molar-refractivity contribution is 6.00. The monoisotopic (exact) mass is 250 g/mol. The second-order valence-corrected chi connectivity index (χ2v) is 3.76. The number of carboxylic acid groups (broad SMARTS) is 1. The van der Waals surface area contributed by atoms with E-state index in [4.69, 9.17) is 9.84 Å². The number of aryl methyl sites for hydroxylation is 1. The van der Waals surface area contributed by atoms with E-state index in [9.17, 15) is 14.9 Å². The van der Waals surface area contributed by atoms with Crippen LogP contribution in [0, 0.1) is 17.0 Å². The van der Waals surface area contributed by atoms with Crippen molar-refractivity contribution in [3.8, 4) is 5.75 Å². The van der Waals surface area contributed by atoms with Gasteiger partial charge in [0, 0.05) is 5.39 Å². The lowest BCUT2D eigenvalue weighted by atomic mass is 10.1. The molecule has 0 fully saturated rings. The van der Waals surface area contributed by atoms with E-state index in [-0.39, 0.29) is 16.9 Å². The third-order valence-electron chi connectivity index (χ3n) is 2.77. The Kier molecular flexibility index (Phi) is 2.66. The lowest BCUT2D eigenvalue weighted by Gasteiger charge is -2.01. The topological polar surface area (TPSA) is 105 Å². The molecule has 1 aromatic carbocycles. The van der Waals surface area contributed by atoms with Crippen LogP contribution in [0.4, 0.5) is 5.69 Å². The number of ether oxygens (including phenoxy) is 1. The number of non-ortho nitro benzene ring substituents is 1. The Labute approximate surface area is 101 Å². The van der Waals surface area contributed by atoms with Crippen molar-refractivity contribution >= 4 is 22.6 Å². The number of nitro groups is 1. The van der Waals surface area contributed by atoms with Crippen LogP contribution in [0.5, 0.6) is 5.75 Å². The number of nitro benzene ring substituents is 1. The molecule has 0 saturated heterocycles. The van der Waals surface area contributed by atoms with Gasteiger partial charge in [0.15, 0.2) is 0 Å². The summed E-state index contributed by atoms with van der Waals surface area (Å²) in [6.07, 6.45) is 0. The maximum atomic E-state index is 11.0. The number of nitrogens with one attached hydrogen (secondary N) is 1. The van der Waals surface area contributed by atoms with Gasteiger partial charge < -0.3 is 14.8 Å². The molecule has 0 saturated carbocycles. The molecule has 0 spiro atoms. The van der Waals surface area contributed by atoms with E-state index < -0.39 is 10.9 Å². The number of aromatic amines is 1. The third kappa shape index (κ3) is 1.65. The van der Waals surface area contributed by atoms with Crippen molar-refractivity contribution < 1.29 is 19.6 Å². The van der Waals surface area contributed by atoms with Crippen LogP contribution in [-0.2, 0) is 0 Å². The molecule has 0 unspecified atom stereocenters. The number of aromatic carboxylic acids is 1. The second-order valence-electron chi connectivity index (χ2n) is 3.76. The maximum absolute atomic E-state index is 11.0. The number of H-pyrrole nitrogens is 1. The summed E-state index contributed by atoms with van der Waals surface area (Å²) >= 11 is 0. The molecule has 94 valence electrons. The zero-order valence-corrected chi connectivity index (χ0v) is 9.68. The van der Waals surface area contributed by atoms with Gasteiger partial charge in [-0.05, 0) is 18.6 Å². The molecule has 0 aliphatic carbocycles. The minimum Gasteiger partial charge on any atom is -0.496 e. The molecule has 0 aliphatic rings. The third-order valence-corrected chi connectivity index (χ3v) is 2.77. The fourth-order valence-corrected chi connectivity index (χ4v) is 1.86. The SMILES string of the molecule is COc1cc([N+](=O)[O-])c2[nH]c(C(=O)O)c(C)c2c1. The van der Waals surface area contributed by atoms with Gasteiger partial charge in [-0.15, -0.1) is 0 Å². The Balaban J connectivity index is 2.87. The number of carbonyl (C=O) groups is 1. The summed E-state index contributed by atoms with van der Waals surface area (Å²) in [6, 6.07) is 2.82. The van der Waals surface area contributed by atoms with Crippen LogP contribution in [0.15, 0.2) is 12.1 Å². The molecule has 1 heterocycles. The Morgan fingerprint density at radius 1 is 1.50 bits per heavy atom. The largest absolute Gasteiger partial charge is 0.496 e. The molecule has 0 amide bonds. The molecular formula is C11H10N2O5. The van der Waals surface area contributed by atoms with Crippen LogP contribution in [0.25, 0.3) is 10.9 Å². The van der Waals surface area contributed by atoms with Gasteiger partial charge >= 0.3 is 5.97 Å². The van der Waals surface area contributed by atoms with E-state index in [1.807, 2.05) is 0 Å². The number of aromatic nitrogens is 1. The molecule has 1 aromatic heterocycles. The predicted octanol–water partition coefficient (Wildman–Crippen LogP) is 2.09. The molecule has 7 nitrogen and oxygen atoms in total. The average molecular weight is 250 g/mol. The number of methoxy groups -OCH3 is 1. The smallest absolute Gasteiger partial charge is 0.352 e. The molecule has 2 N–H and O–H groups in total. The lowest BCUT2D eigenvalue weighted by molar-refractivity contribution is -0.383. The van der Waals surface area contributed by atoms with Gasteiger partial charge in [-0.3, -0.25) is 10.1 Å². The van der Waals surface area contributed by atoms with Crippen molar-refractivity contribution in [3.63, 3.8) is 0 Å². The van der Waals surface area contributed by atoms with Crippen molar-refractivity contribution in [2.75, 3.05) is 7.11 Å². The van der Waals surface area contributed by atoms with Crippen LogP contribution in [0.3, 0.4) is 0 Å². The van der Waals surface area contributed by atoms with Gasteiger partial charge in [0.25, 0.3) is 5.69 Å². The lowest BCUT2D eigenvalue weighted by Crippen LogP contribution is -1.98. The summed E-state index contributed by atoms with van der Waals surface area (Å²) in [5.41, 5.74) is 0.372. The van der Waals surface area contributed by atoms with Gasteiger partial charge in [0.05, 0.1) is 18.1 Å². The standard InChI is InChI=1S/C11H10N2O5/c1-5-7-3-6(18-2)4-8(13(16)17)10(7)12-9(5)11(14)15/h3-4,12H,1-2H3,(H,14,15). The predicted molar refractivity (Wildman–Crippen MR) is 63.2 cm³/mol.